The lowest BCUT2D eigenvalue weighted by Crippen LogP contribution is -2.42. The van der Waals surface area contributed by atoms with E-state index in [1.54, 1.807) is 7.11 Å². The lowest BCUT2D eigenvalue weighted by atomic mass is 10.2. The fraction of sp³-hybridized carbons (Fsp3) is 0.562. The van der Waals surface area contributed by atoms with Crippen LogP contribution in [0.4, 0.5) is 0 Å². The minimum absolute atomic E-state index is 0. The van der Waals surface area contributed by atoms with Crippen LogP contribution in [0.15, 0.2) is 33.7 Å². The van der Waals surface area contributed by atoms with Gasteiger partial charge in [0.25, 0.3) is 0 Å². The first kappa shape index (κ1) is 22.6. The number of nitrogens with one attached hydrogen (secondary N) is 1. The second-order valence-corrected chi connectivity index (χ2v) is 6.17. The summed E-state index contributed by atoms with van der Waals surface area (Å²) in [5.74, 6) is 0.906. The first-order valence-electron chi connectivity index (χ1n) is 7.40. The number of likely N-dealkylation sites (N-methyl/N-ethyl adjacent to an activating group) is 1. The van der Waals surface area contributed by atoms with Gasteiger partial charge in [0.1, 0.15) is 0 Å². The van der Waals surface area contributed by atoms with Crippen LogP contribution in [0.5, 0.6) is 0 Å². The van der Waals surface area contributed by atoms with Gasteiger partial charge in [-0.2, -0.15) is 0 Å². The zero-order chi connectivity index (χ0) is 16.4. The molecule has 0 fully saturated rings. The Morgan fingerprint density at radius 1 is 1.22 bits per heavy atom. The second kappa shape index (κ2) is 13.0. The third kappa shape index (κ3) is 9.49. The largest absolute Gasteiger partial charge is 0.383 e. The molecular formula is C16H28BrIN4O. The van der Waals surface area contributed by atoms with Crippen molar-refractivity contribution in [3.05, 3.63) is 34.3 Å². The summed E-state index contributed by atoms with van der Waals surface area (Å²) in [5.41, 5.74) is 1.26. The Balaban J connectivity index is 0.00000484. The maximum atomic E-state index is 5.08. The van der Waals surface area contributed by atoms with Crippen molar-refractivity contribution >= 4 is 45.9 Å². The van der Waals surface area contributed by atoms with Crippen LogP contribution in [-0.2, 0) is 11.3 Å². The third-order valence-corrected chi connectivity index (χ3v) is 3.89. The van der Waals surface area contributed by atoms with Crippen molar-refractivity contribution in [1.29, 1.82) is 0 Å². The summed E-state index contributed by atoms with van der Waals surface area (Å²) in [6.45, 7) is 4.33. The predicted molar refractivity (Wildman–Crippen MR) is 112 cm³/mol. The zero-order valence-corrected chi connectivity index (χ0v) is 18.3. The normalized spacial score (nSPS) is 11.3. The van der Waals surface area contributed by atoms with Crippen LogP contribution in [0.1, 0.15) is 5.56 Å². The molecule has 0 bridgehead atoms. The highest BCUT2D eigenvalue weighted by Gasteiger charge is 2.07. The molecule has 0 saturated heterocycles. The summed E-state index contributed by atoms with van der Waals surface area (Å²) < 4.78 is 6.17. The van der Waals surface area contributed by atoms with E-state index in [0.717, 1.165) is 43.2 Å². The minimum atomic E-state index is 0. The molecule has 23 heavy (non-hydrogen) atoms. The van der Waals surface area contributed by atoms with E-state index in [9.17, 15) is 0 Å². The topological polar surface area (TPSA) is 40.1 Å². The van der Waals surface area contributed by atoms with Crippen molar-refractivity contribution in [2.24, 2.45) is 4.99 Å². The molecule has 0 spiro atoms. The van der Waals surface area contributed by atoms with Gasteiger partial charge >= 0.3 is 0 Å². The molecule has 0 aliphatic carbocycles. The molecule has 5 nitrogen and oxygen atoms in total. The third-order valence-electron chi connectivity index (χ3n) is 3.36. The average Bonchev–Trinajstić information content (AvgIpc) is 2.51. The maximum absolute atomic E-state index is 5.08. The molecule has 0 unspecified atom stereocenters. The molecule has 0 atom stereocenters. The molecule has 1 aromatic rings. The smallest absolute Gasteiger partial charge is 0.193 e. The van der Waals surface area contributed by atoms with E-state index in [-0.39, 0.29) is 24.0 Å². The van der Waals surface area contributed by atoms with Crippen LogP contribution in [0.2, 0.25) is 0 Å². The van der Waals surface area contributed by atoms with Gasteiger partial charge in [-0.05, 0) is 24.7 Å². The van der Waals surface area contributed by atoms with Gasteiger partial charge in [-0.25, -0.2) is 0 Å². The highest BCUT2D eigenvalue weighted by molar-refractivity contribution is 14.0. The van der Waals surface area contributed by atoms with Gasteiger partial charge in [-0.15, -0.1) is 24.0 Å². The second-order valence-electron chi connectivity index (χ2n) is 5.25. The zero-order valence-electron chi connectivity index (χ0n) is 14.4. The molecule has 0 heterocycles. The van der Waals surface area contributed by atoms with E-state index in [0.29, 0.717) is 0 Å². The lowest BCUT2D eigenvalue weighted by Gasteiger charge is -2.23. The van der Waals surface area contributed by atoms with E-state index in [1.807, 2.05) is 14.1 Å². The Morgan fingerprint density at radius 3 is 2.43 bits per heavy atom. The number of hydrogen-bond donors (Lipinski definition) is 1. The molecule has 7 heteroatoms. The van der Waals surface area contributed by atoms with Crippen LogP contribution >= 0.6 is 39.9 Å². The van der Waals surface area contributed by atoms with E-state index < -0.39 is 0 Å². The Morgan fingerprint density at radius 2 is 1.87 bits per heavy atom. The van der Waals surface area contributed by atoms with Gasteiger partial charge in [-0.3, -0.25) is 4.99 Å². The number of hydrogen-bond acceptors (Lipinski definition) is 3. The summed E-state index contributed by atoms with van der Waals surface area (Å²) in [4.78, 5) is 8.70. The molecule has 1 N–H and O–H groups in total. The number of ether oxygens (including phenoxy) is 1. The first-order chi connectivity index (χ1) is 10.6. The summed E-state index contributed by atoms with van der Waals surface area (Å²) in [6, 6.07) is 8.35. The molecular weight excluding hydrogens is 471 g/mol. The highest BCUT2D eigenvalue weighted by Crippen LogP contribution is 2.11. The van der Waals surface area contributed by atoms with Gasteiger partial charge in [0.05, 0.1) is 6.61 Å². The number of halogens is 2. The van der Waals surface area contributed by atoms with Gasteiger partial charge in [-0.1, -0.05) is 28.1 Å². The quantitative estimate of drug-likeness (QED) is 0.340. The van der Waals surface area contributed by atoms with Crippen LogP contribution in [-0.4, -0.2) is 70.3 Å². The summed E-state index contributed by atoms with van der Waals surface area (Å²) in [5, 5.41) is 3.39. The van der Waals surface area contributed by atoms with Crippen molar-refractivity contribution in [3.63, 3.8) is 0 Å². The van der Waals surface area contributed by atoms with Crippen LogP contribution in [0, 0.1) is 0 Å². The van der Waals surface area contributed by atoms with E-state index >= 15 is 0 Å². The molecule has 0 amide bonds. The van der Waals surface area contributed by atoms with Gasteiger partial charge < -0.3 is 19.9 Å². The SMILES string of the molecule is CN=C(NCCN(C)CCOC)N(C)Cc1ccc(Br)cc1.I. The van der Waals surface area contributed by atoms with Crippen molar-refractivity contribution in [2.75, 3.05) is 54.5 Å². The standard InChI is InChI=1S/C16H27BrN4O.HI/c1-18-16(19-9-10-20(2)11-12-22-4)21(3)13-14-5-7-15(17)8-6-14;/h5-8H,9-13H2,1-4H3,(H,18,19);1H. The monoisotopic (exact) mass is 498 g/mol. The fourth-order valence-corrected chi connectivity index (χ4v) is 2.31. The summed E-state index contributed by atoms with van der Waals surface area (Å²) in [7, 11) is 7.68. The van der Waals surface area contributed by atoms with Gasteiger partial charge in [0.15, 0.2) is 5.96 Å². The van der Waals surface area contributed by atoms with Gasteiger partial charge in [0, 0.05) is 51.9 Å². The van der Waals surface area contributed by atoms with Crippen molar-refractivity contribution in [2.45, 2.75) is 6.54 Å². The Labute approximate surface area is 165 Å². The molecule has 0 radical (unpaired) electrons. The lowest BCUT2D eigenvalue weighted by molar-refractivity contribution is 0.162. The number of methoxy groups -OCH3 is 1. The van der Waals surface area contributed by atoms with Crippen molar-refractivity contribution in [3.8, 4) is 0 Å². The Kier molecular flexibility index (Phi) is 12.8. The predicted octanol–water partition coefficient (Wildman–Crippen LogP) is 2.65. The van der Waals surface area contributed by atoms with E-state index in [1.165, 1.54) is 5.56 Å². The summed E-state index contributed by atoms with van der Waals surface area (Å²) in [6.07, 6.45) is 0. The van der Waals surface area contributed by atoms with Crippen LogP contribution < -0.4 is 5.32 Å². The molecule has 0 saturated carbocycles. The highest BCUT2D eigenvalue weighted by atomic mass is 127. The minimum Gasteiger partial charge on any atom is -0.383 e. The van der Waals surface area contributed by atoms with E-state index in [4.69, 9.17) is 4.74 Å². The van der Waals surface area contributed by atoms with Crippen LogP contribution in [0.3, 0.4) is 0 Å². The Hall–Kier alpha value is -0.380. The molecule has 0 aliphatic rings. The molecule has 132 valence electrons. The number of benzene rings is 1. The summed E-state index contributed by atoms with van der Waals surface area (Å²) >= 11 is 3.46. The molecule has 0 aromatic heterocycles. The maximum Gasteiger partial charge on any atom is 0.193 e. The molecule has 0 aliphatic heterocycles. The molecule has 1 rings (SSSR count). The van der Waals surface area contributed by atoms with Crippen LogP contribution in [0.25, 0.3) is 0 Å². The van der Waals surface area contributed by atoms with E-state index in [2.05, 4.69) is 67.4 Å². The van der Waals surface area contributed by atoms with Crippen molar-refractivity contribution < 1.29 is 4.74 Å². The number of aliphatic imine (C=N–C) groups is 1. The average molecular weight is 499 g/mol. The number of nitrogens with zero attached hydrogens (tertiary/aromatic N) is 3. The number of guanidine groups is 1. The Bertz CT molecular complexity index is 456. The molecule has 1 aromatic carbocycles. The van der Waals surface area contributed by atoms with Crippen molar-refractivity contribution in [1.82, 2.24) is 15.1 Å². The first-order valence-corrected chi connectivity index (χ1v) is 8.19. The van der Waals surface area contributed by atoms with Gasteiger partial charge in [0.2, 0.25) is 0 Å². The fourth-order valence-electron chi connectivity index (χ4n) is 2.04. The number of rotatable bonds is 8.